The zero-order valence-electron chi connectivity index (χ0n) is 21.4. The van der Waals surface area contributed by atoms with Gasteiger partial charge in [0.1, 0.15) is 10.8 Å². The normalized spacial score (nSPS) is 16.1. The minimum absolute atomic E-state index is 0.0282. The summed E-state index contributed by atoms with van der Waals surface area (Å²) in [5.74, 6) is 1.41. The first-order chi connectivity index (χ1) is 18.1. The number of nitrogens with zero attached hydrogens (tertiary/aromatic N) is 5. The maximum Gasteiger partial charge on any atom is 0.254 e. The van der Waals surface area contributed by atoms with Crippen molar-refractivity contribution in [3.8, 4) is 5.75 Å². The molecule has 0 atom stereocenters. The molecule has 2 aliphatic rings. The minimum atomic E-state index is 0.0282. The molecule has 1 aromatic carbocycles. The van der Waals surface area contributed by atoms with Crippen LogP contribution in [0.25, 0.3) is 0 Å². The molecule has 4 heterocycles. The van der Waals surface area contributed by atoms with Gasteiger partial charge < -0.3 is 24.3 Å². The maximum absolute atomic E-state index is 13.8. The maximum atomic E-state index is 13.8. The number of morpholine rings is 1. The van der Waals surface area contributed by atoms with Gasteiger partial charge in [0.2, 0.25) is 5.95 Å². The van der Waals surface area contributed by atoms with Crippen molar-refractivity contribution < 1.29 is 14.3 Å². The third-order valence-corrected chi connectivity index (χ3v) is 7.15. The summed E-state index contributed by atoms with van der Waals surface area (Å²) in [6.07, 6.45) is 6.12. The van der Waals surface area contributed by atoms with Gasteiger partial charge in [-0.25, -0.2) is 4.98 Å². The van der Waals surface area contributed by atoms with E-state index in [2.05, 4.69) is 30.8 Å². The van der Waals surface area contributed by atoms with E-state index in [9.17, 15) is 4.79 Å². The Hall–Kier alpha value is -3.14. The Morgan fingerprint density at radius 1 is 1.11 bits per heavy atom. The molecule has 0 unspecified atom stereocenters. The summed E-state index contributed by atoms with van der Waals surface area (Å²) >= 11 is 6.22. The average molecular weight is 525 g/mol. The van der Waals surface area contributed by atoms with E-state index in [4.69, 9.17) is 21.1 Å². The summed E-state index contributed by atoms with van der Waals surface area (Å²) in [7, 11) is 1.86. The topological polar surface area (TPSA) is 84.8 Å². The Morgan fingerprint density at radius 2 is 1.95 bits per heavy atom. The van der Waals surface area contributed by atoms with Crippen LogP contribution in [0.15, 0.2) is 36.8 Å². The fraction of sp³-hybridized carbons (Fsp3) is 0.444. The van der Waals surface area contributed by atoms with Crippen molar-refractivity contribution >= 4 is 23.5 Å². The SMILES string of the molecule is CCOc1cc(CN2CCc3c(CN4CCOCC4)cc(Cn4ccnc4NC)cc3C2=O)ncc1Cl. The van der Waals surface area contributed by atoms with E-state index < -0.39 is 0 Å². The number of halogens is 1. The molecular formula is C27H33ClN6O3. The highest BCUT2D eigenvalue weighted by atomic mass is 35.5. The number of anilines is 1. The van der Waals surface area contributed by atoms with Gasteiger partial charge >= 0.3 is 0 Å². The molecule has 0 bridgehead atoms. The predicted octanol–water partition coefficient (Wildman–Crippen LogP) is 3.45. The van der Waals surface area contributed by atoms with Crippen molar-refractivity contribution in [3.63, 3.8) is 0 Å². The Labute approximate surface area is 222 Å². The lowest BCUT2D eigenvalue weighted by molar-refractivity contribution is 0.0339. The number of nitrogens with one attached hydrogen (secondary N) is 1. The number of rotatable bonds is 9. The van der Waals surface area contributed by atoms with Crippen molar-refractivity contribution in [2.45, 2.75) is 33.0 Å². The number of imidazole rings is 1. The van der Waals surface area contributed by atoms with Gasteiger partial charge in [0.15, 0.2) is 0 Å². The number of ether oxygens (including phenoxy) is 2. The third-order valence-electron chi connectivity index (χ3n) is 6.87. The first kappa shape index (κ1) is 25.5. The van der Waals surface area contributed by atoms with Gasteiger partial charge in [0.05, 0.1) is 38.6 Å². The lowest BCUT2D eigenvalue weighted by Gasteiger charge is -2.32. The van der Waals surface area contributed by atoms with Gasteiger partial charge in [-0.05, 0) is 36.1 Å². The molecule has 2 aliphatic heterocycles. The van der Waals surface area contributed by atoms with Crippen LogP contribution in [-0.2, 0) is 30.8 Å². The van der Waals surface area contributed by atoms with Crippen LogP contribution in [0.2, 0.25) is 5.02 Å². The van der Waals surface area contributed by atoms with Crippen molar-refractivity contribution in [1.82, 2.24) is 24.3 Å². The molecule has 10 heteroatoms. The molecule has 1 amide bonds. The number of carbonyl (C=O) groups is 1. The quantitative estimate of drug-likeness (QED) is 0.459. The van der Waals surface area contributed by atoms with Crippen LogP contribution in [0.1, 0.15) is 39.7 Å². The molecule has 196 valence electrons. The summed E-state index contributed by atoms with van der Waals surface area (Å²) in [6.45, 7) is 8.20. The Morgan fingerprint density at radius 3 is 2.73 bits per heavy atom. The Bertz CT molecular complexity index is 1260. The van der Waals surface area contributed by atoms with E-state index in [1.807, 2.05) is 37.2 Å². The number of amides is 1. The second-order valence-corrected chi connectivity index (χ2v) is 9.72. The van der Waals surface area contributed by atoms with Crippen LogP contribution < -0.4 is 10.1 Å². The van der Waals surface area contributed by atoms with Gasteiger partial charge in [-0.15, -0.1) is 0 Å². The molecule has 1 N–H and O–H groups in total. The number of hydrogen-bond donors (Lipinski definition) is 1. The van der Waals surface area contributed by atoms with Crippen LogP contribution in [0, 0.1) is 0 Å². The summed E-state index contributed by atoms with van der Waals surface area (Å²) in [6, 6.07) is 6.13. The smallest absolute Gasteiger partial charge is 0.254 e. The molecule has 5 rings (SSSR count). The van der Waals surface area contributed by atoms with E-state index in [1.54, 1.807) is 12.4 Å². The second kappa shape index (κ2) is 11.5. The molecule has 2 aromatic heterocycles. The number of aromatic nitrogens is 3. The van der Waals surface area contributed by atoms with Crippen molar-refractivity contribution in [3.05, 3.63) is 69.8 Å². The summed E-state index contributed by atoms with van der Waals surface area (Å²) in [4.78, 5) is 26.9. The van der Waals surface area contributed by atoms with E-state index in [0.717, 1.165) is 67.6 Å². The Balaban J connectivity index is 1.44. The molecule has 3 aromatic rings. The minimum Gasteiger partial charge on any atom is -0.492 e. The van der Waals surface area contributed by atoms with Gasteiger partial charge in [-0.2, -0.15) is 0 Å². The number of hydrogen-bond acceptors (Lipinski definition) is 7. The molecule has 0 spiro atoms. The first-order valence-corrected chi connectivity index (χ1v) is 13.1. The van der Waals surface area contributed by atoms with Gasteiger partial charge in [-0.3, -0.25) is 14.7 Å². The zero-order valence-corrected chi connectivity index (χ0v) is 22.1. The number of pyridine rings is 1. The zero-order chi connectivity index (χ0) is 25.8. The van der Waals surface area contributed by atoms with E-state index in [0.29, 0.717) is 37.0 Å². The van der Waals surface area contributed by atoms with Crippen molar-refractivity contribution in [1.29, 1.82) is 0 Å². The molecule has 37 heavy (non-hydrogen) atoms. The van der Waals surface area contributed by atoms with Crippen molar-refractivity contribution in [2.75, 3.05) is 51.8 Å². The highest BCUT2D eigenvalue weighted by Gasteiger charge is 2.28. The van der Waals surface area contributed by atoms with Crippen LogP contribution in [0.3, 0.4) is 0 Å². The van der Waals surface area contributed by atoms with Crippen LogP contribution >= 0.6 is 11.6 Å². The fourth-order valence-corrected chi connectivity index (χ4v) is 5.21. The lowest BCUT2D eigenvalue weighted by atomic mass is 9.91. The standard InChI is InChI=1S/C27H33ClN6O3/c1-3-37-25-14-21(31-15-24(25)28)18-33-6-4-22-20(17-32-8-10-36-11-9-32)12-19(13-23(22)26(33)35)16-34-7-5-30-27(34)29-2/h5,7,12-15H,3-4,6,8-11,16-18H2,1-2H3,(H,29,30). The fourth-order valence-electron chi connectivity index (χ4n) is 5.06. The molecular weight excluding hydrogens is 492 g/mol. The van der Waals surface area contributed by atoms with Gasteiger partial charge in [0.25, 0.3) is 5.91 Å². The third kappa shape index (κ3) is 5.74. The monoisotopic (exact) mass is 524 g/mol. The van der Waals surface area contributed by atoms with Gasteiger partial charge in [-0.1, -0.05) is 17.7 Å². The van der Waals surface area contributed by atoms with E-state index >= 15 is 0 Å². The van der Waals surface area contributed by atoms with Crippen molar-refractivity contribution in [2.24, 2.45) is 0 Å². The largest absolute Gasteiger partial charge is 0.492 e. The molecule has 1 fully saturated rings. The average Bonchev–Trinajstić information content (AvgIpc) is 3.36. The van der Waals surface area contributed by atoms with Gasteiger partial charge in [0, 0.05) is 63.4 Å². The highest BCUT2D eigenvalue weighted by Crippen LogP contribution is 2.29. The number of benzene rings is 1. The van der Waals surface area contributed by atoms with E-state index in [-0.39, 0.29) is 5.91 Å². The molecule has 0 aliphatic carbocycles. The number of fused-ring (bicyclic) bond motifs is 1. The summed E-state index contributed by atoms with van der Waals surface area (Å²) in [5.41, 5.74) is 4.98. The highest BCUT2D eigenvalue weighted by molar-refractivity contribution is 6.31. The van der Waals surface area contributed by atoms with Crippen LogP contribution in [0.5, 0.6) is 5.75 Å². The first-order valence-electron chi connectivity index (χ1n) is 12.8. The molecule has 9 nitrogen and oxygen atoms in total. The number of carbonyl (C=O) groups excluding carboxylic acids is 1. The predicted molar refractivity (Wildman–Crippen MR) is 142 cm³/mol. The van der Waals surface area contributed by atoms with E-state index in [1.165, 1.54) is 5.56 Å². The molecule has 0 radical (unpaired) electrons. The lowest BCUT2D eigenvalue weighted by Crippen LogP contribution is -2.39. The summed E-state index contributed by atoms with van der Waals surface area (Å²) in [5, 5.41) is 3.60. The Kier molecular flexibility index (Phi) is 7.93. The van der Waals surface area contributed by atoms with Crippen LogP contribution in [-0.4, -0.2) is 76.7 Å². The molecule has 1 saturated heterocycles. The van der Waals surface area contributed by atoms with Crippen LogP contribution in [0.4, 0.5) is 5.95 Å². The molecule has 0 saturated carbocycles. The summed E-state index contributed by atoms with van der Waals surface area (Å²) < 4.78 is 13.2. The second-order valence-electron chi connectivity index (χ2n) is 9.31.